The van der Waals surface area contributed by atoms with E-state index >= 15 is 0 Å². The van der Waals surface area contributed by atoms with Gasteiger partial charge in [-0.15, -0.1) is 11.8 Å². The van der Waals surface area contributed by atoms with Crippen molar-refractivity contribution in [3.8, 4) is 0 Å². The van der Waals surface area contributed by atoms with Crippen molar-refractivity contribution in [1.82, 2.24) is 5.32 Å². The standard InChI is InChI=1S/C8H18N2S/c1-10-6-11-8-4-2-3-7(9)5-8/h7-8,10H,2-6,9H2,1H3. The number of nitrogens with one attached hydrogen (secondary N) is 1. The Kier molecular flexibility index (Phi) is 4.26. The molecule has 0 saturated heterocycles. The summed E-state index contributed by atoms with van der Waals surface area (Å²) in [6.07, 6.45) is 5.13. The predicted octanol–water partition coefficient (Wildman–Crippen LogP) is 1.17. The fraction of sp³-hybridized carbons (Fsp3) is 1.00. The van der Waals surface area contributed by atoms with Crippen molar-refractivity contribution in [3.05, 3.63) is 0 Å². The Morgan fingerprint density at radius 3 is 3.00 bits per heavy atom. The third-order valence-electron chi connectivity index (χ3n) is 2.13. The fourth-order valence-corrected chi connectivity index (χ4v) is 2.65. The second-order valence-electron chi connectivity index (χ2n) is 3.21. The van der Waals surface area contributed by atoms with Crippen LogP contribution in [-0.2, 0) is 0 Å². The smallest absolute Gasteiger partial charge is 0.0418 e. The van der Waals surface area contributed by atoms with Crippen molar-refractivity contribution in [2.24, 2.45) is 5.73 Å². The van der Waals surface area contributed by atoms with Gasteiger partial charge < -0.3 is 11.1 Å². The highest BCUT2D eigenvalue weighted by atomic mass is 32.2. The van der Waals surface area contributed by atoms with Crippen LogP contribution in [0.15, 0.2) is 0 Å². The summed E-state index contributed by atoms with van der Waals surface area (Å²) in [5.74, 6) is 1.07. The zero-order chi connectivity index (χ0) is 8.10. The Morgan fingerprint density at radius 2 is 2.36 bits per heavy atom. The van der Waals surface area contributed by atoms with Gasteiger partial charge in [-0.3, -0.25) is 0 Å². The van der Waals surface area contributed by atoms with Gasteiger partial charge in [0, 0.05) is 17.2 Å². The molecule has 0 aromatic carbocycles. The van der Waals surface area contributed by atoms with Crippen LogP contribution < -0.4 is 11.1 Å². The van der Waals surface area contributed by atoms with Gasteiger partial charge in [-0.1, -0.05) is 6.42 Å². The summed E-state index contributed by atoms with van der Waals surface area (Å²) in [5.41, 5.74) is 5.86. The molecule has 0 heterocycles. The molecule has 0 bridgehead atoms. The summed E-state index contributed by atoms with van der Waals surface area (Å²) in [7, 11) is 2.00. The number of nitrogens with two attached hydrogens (primary N) is 1. The highest BCUT2D eigenvalue weighted by Crippen LogP contribution is 2.26. The van der Waals surface area contributed by atoms with E-state index < -0.39 is 0 Å². The van der Waals surface area contributed by atoms with E-state index in [4.69, 9.17) is 5.73 Å². The first-order chi connectivity index (χ1) is 5.33. The van der Waals surface area contributed by atoms with Gasteiger partial charge in [0.1, 0.15) is 0 Å². The largest absolute Gasteiger partial charge is 0.328 e. The summed E-state index contributed by atoms with van der Waals surface area (Å²) in [6.45, 7) is 0. The van der Waals surface area contributed by atoms with E-state index in [2.05, 4.69) is 5.32 Å². The first-order valence-electron chi connectivity index (χ1n) is 4.34. The number of hydrogen-bond acceptors (Lipinski definition) is 3. The highest BCUT2D eigenvalue weighted by molar-refractivity contribution is 7.99. The molecule has 2 nitrogen and oxygen atoms in total. The summed E-state index contributed by atoms with van der Waals surface area (Å²) < 4.78 is 0. The maximum Gasteiger partial charge on any atom is 0.0418 e. The van der Waals surface area contributed by atoms with E-state index in [0.717, 1.165) is 11.1 Å². The molecule has 1 fully saturated rings. The average Bonchev–Trinajstić information content (AvgIpc) is 2.01. The molecule has 0 amide bonds. The Labute approximate surface area is 73.3 Å². The zero-order valence-electron chi connectivity index (χ0n) is 7.18. The molecule has 0 aliphatic heterocycles. The SMILES string of the molecule is CNCSC1CCCC(N)C1. The van der Waals surface area contributed by atoms with Crippen molar-refractivity contribution in [2.45, 2.75) is 37.0 Å². The lowest BCUT2D eigenvalue weighted by molar-refractivity contribution is 0.451. The second-order valence-corrected chi connectivity index (χ2v) is 4.50. The monoisotopic (exact) mass is 174 g/mol. The van der Waals surface area contributed by atoms with Crippen molar-refractivity contribution in [1.29, 1.82) is 0 Å². The van der Waals surface area contributed by atoms with Crippen LogP contribution in [0.1, 0.15) is 25.7 Å². The van der Waals surface area contributed by atoms with Crippen LogP contribution in [0.4, 0.5) is 0 Å². The first kappa shape index (κ1) is 9.36. The lowest BCUT2D eigenvalue weighted by atomic mass is 9.96. The quantitative estimate of drug-likeness (QED) is 0.631. The van der Waals surface area contributed by atoms with Crippen molar-refractivity contribution in [3.63, 3.8) is 0 Å². The van der Waals surface area contributed by atoms with Gasteiger partial charge in [-0.25, -0.2) is 0 Å². The van der Waals surface area contributed by atoms with Gasteiger partial charge >= 0.3 is 0 Å². The number of rotatable bonds is 3. The molecule has 1 aliphatic rings. The molecule has 0 spiro atoms. The number of hydrogen-bond donors (Lipinski definition) is 2. The molecule has 66 valence electrons. The molecule has 0 aromatic heterocycles. The minimum atomic E-state index is 0.470. The zero-order valence-corrected chi connectivity index (χ0v) is 7.99. The molecule has 1 rings (SSSR count). The minimum Gasteiger partial charge on any atom is -0.328 e. The topological polar surface area (TPSA) is 38.0 Å². The van der Waals surface area contributed by atoms with Gasteiger partial charge in [-0.2, -0.15) is 0 Å². The van der Waals surface area contributed by atoms with Crippen LogP contribution in [0, 0.1) is 0 Å². The summed E-state index contributed by atoms with van der Waals surface area (Å²) in [4.78, 5) is 0. The van der Waals surface area contributed by atoms with Crippen molar-refractivity contribution in [2.75, 3.05) is 12.9 Å². The second kappa shape index (κ2) is 5.01. The minimum absolute atomic E-state index is 0.470. The van der Waals surface area contributed by atoms with Gasteiger partial charge in [-0.05, 0) is 26.3 Å². The Hall–Kier alpha value is 0.270. The lowest BCUT2D eigenvalue weighted by Crippen LogP contribution is -2.29. The van der Waals surface area contributed by atoms with Crippen LogP contribution in [0.3, 0.4) is 0 Å². The molecule has 3 N–H and O–H groups in total. The van der Waals surface area contributed by atoms with E-state index in [1.54, 1.807) is 0 Å². The average molecular weight is 174 g/mol. The normalized spacial score (nSPS) is 32.2. The molecule has 0 radical (unpaired) electrons. The van der Waals surface area contributed by atoms with Gasteiger partial charge in [0.05, 0.1) is 0 Å². The third kappa shape index (κ3) is 3.45. The Morgan fingerprint density at radius 1 is 1.55 bits per heavy atom. The van der Waals surface area contributed by atoms with E-state index in [1.165, 1.54) is 25.7 Å². The Balaban J connectivity index is 2.12. The number of thioether (sulfide) groups is 1. The van der Waals surface area contributed by atoms with Crippen LogP contribution in [-0.4, -0.2) is 24.2 Å². The van der Waals surface area contributed by atoms with Crippen LogP contribution in [0.25, 0.3) is 0 Å². The fourth-order valence-electron chi connectivity index (χ4n) is 1.53. The summed E-state index contributed by atoms with van der Waals surface area (Å²) >= 11 is 2.01. The van der Waals surface area contributed by atoms with Crippen LogP contribution in [0.2, 0.25) is 0 Å². The van der Waals surface area contributed by atoms with Crippen molar-refractivity contribution < 1.29 is 0 Å². The van der Waals surface area contributed by atoms with Gasteiger partial charge in [0.25, 0.3) is 0 Å². The van der Waals surface area contributed by atoms with Crippen molar-refractivity contribution >= 4 is 11.8 Å². The predicted molar refractivity (Wildman–Crippen MR) is 51.7 cm³/mol. The molecular formula is C8H18N2S. The van der Waals surface area contributed by atoms with Gasteiger partial charge in [0.2, 0.25) is 0 Å². The molecule has 2 unspecified atom stereocenters. The Bertz CT molecular complexity index is 108. The van der Waals surface area contributed by atoms with E-state index in [0.29, 0.717) is 6.04 Å². The molecule has 11 heavy (non-hydrogen) atoms. The molecule has 1 saturated carbocycles. The third-order valence-corrected chi connectivity index (χ3v) is 3.48. The van der Waals surface area contributed by atoms with Gasteiger partial charge in [0.15, 0.2) is 0 Å². The molecule has 0 aromatic rings. The van der Waals surface area contributed by atoms with E-state index in [9.17, 15) is 0 Å². The first-order valence-corrected chi connectivity index (χ1v) is 5.39. The molecule has 2 atom stereocenters. The lowest BCUT2D eigenvalue weighted by Gasteiger charge is -2.25. The highest BCUT2D eigenvalue weighted by Gasteiger charge is 2.18. The van der Waals surface area contributed by atoms with E-state index in [1.807, 2.05) is 18.8 Å². The molecular weight excluding hydrogens is 156 g/mol. The maximum absolute atomic E-state index is 5.86. The van der Waals surface area contributed by atoms with E-state index in [-0.39, 0.29) is 0 Å². The molecule has 3 heteroatoms. The summed E-state index contributed by atoms with van der Waals surface area (Å²) in [6, 6.07) is 0.470. The van der Waals surface area contributed by atoms with Crippen LogP contribution in [0.5, 0.6) is 0 Å². The molecule has 1 aliphatic carbocycles. The maximum atomic E-state index is 5.86. The van der Waals surface area contributed by atoms with Crippen LogP contribution >= 0.6 is 11.8 Å². The summed E-state index contributed by atoms with van der Waals surface area (Å²) in [5, 5.41) is 3.96.